The van der Waals surface area contributed by atoms with Gasteiger partial charge in [0.15, 0.2) is 0 Å². The van der Waals surface area contributed by atoms with Crippen LogP contribution in [0.1, 0.15) is 111 Å². The normalized spacial score (nSPS) is 13.2. The number of rotatable bonds is 7. The summed E-state index contributed by atoms with van der Waals surface area (Å²) in [4.78, 5) is 9.56. The van der Waals surface area contributed by atoms with Gasteiger partial charge in [-0.05, 0) is 103 Å². The van der Waals surface area contributed by atoms with Crippen molar-refractivity contribution in [1.29, 1.82) is 0 Å². The van der Waals surface area contributed by atoms with Crippen LogP contribution in [-0.2, 0) is 42.7 Å². The Balaban J connectivity index is 0.00000624. The Morgan fingerprint density at radius 2 is 1.07 bits per heavy atom. The fourth-order valence-electron chi connectivity index (χ4n) is 9.66. The Morgan fingerprint density at radius 1 is 0.493 bits per heavy atom. The SMILES string of the molecule is Cc1cc(Oc2[c-]c3c(cc2)c2ccccc2n3-c2cc(C(C)(C)C)ccn2)[c-]c(N2[CH-]N(c3c(-c4ccccc4)cc(C(C)(C)C)cc3-c3cc(C(C)(C)C)cc(C(C)(C)C)c3)c3ccccc32)c1.[Pt]. The van der Waals surface area contributed by atoms with Gasteiger partial charge in [-0.1, -0.05) is 174 Å². The largest absolute Gasteiger partial charge is 0.509 e. The van der Waals surface area contributed by atoms with Gasteiger partial charge in [0.2, 0.25) is 0 Å². The van der Waals surface area contributed by atoms with E-state index < -0.39 is 0 Å². The summed E-state index contributed by atoms with van der Waals surface area (Å²) < 4.78 is 9.02. The van der Waals surface area contributed by atoms with Crippen LogP contribution in [0.15, 0.2) is 152 Å². The Hall–Kier alpha value is -6.42. The molecule has 0 unspecified atom stereocenters. The molecule has 0 spiro atoms. The number of ether oxygens (including phenoxy) is 1. The van der Waals surface area contributed by atoms with Gasteiger partial charge < -0.3 is 19.1 Å². The second kappa shape index (κ2) is 18.3. The number of aromatic nitrogens is 2. The minimum absolute atomic E-state index is 0. The second-order valence-corrected chi connectivity index (χ2v) is 23.3. The average Bonchev–Trinajstić information content (AvgIpc) is 3.86. The van der Waals surface area contributed by atoms with Gasteiger partial charge in [-0.2, -0.15) is 11.6 Å². The second-order valence-electron chi connectivity index (χ2n) is 23.3. The molecule has 0 amide bonds. The zero-order valence-electron chi connectivity index (χ0n) is 43.5. The first-order valence-electron chi connectivity index (χ1n) is 24.7. The van der Waals surface area contributed by atoms with Crippen molar-refractivity contribution < 1.29 is 25.8 Å². The number of para-hydroxylation sites is 3. The Kier molecular flexibility index (Phi) is 12.8. The first-order chi connectivity index (χ1) is 33.1. The molecule has 0 aliphatic carbocycles. The first-order valence-corrected chi connectivity index (χ1v) is 24.7. The predicted octanol–water partition coefficient (Wildman–Crippen LogP) is 17.8. The number of fused-ring (bicyclic) bond motifs is 4. The van der Waals surface area contributed by atoms with Gasteiger partial charge in [-0.25, -0.2) is 4.98 Å². The number of anilines is 4. The number of nitrogens with zero attached hydrogens (tertiary/aromatic N) is 4. The standard InChI is InChI=1S/C65H65N4O.Pt/c1-42-31-49(39-51(32-42)70-50-27-28-53-52-23-17-18-24-56(52)69(59(53)40-50)60-38-45(29-30-66-60)62(2,3)4)67-41-68(58-26-20-19-25-57(58)67)61-54(43-21-15-14-16-22-43)36-48(65(11,12)13)37-55(61)44-33-46(63(5,6)7)35-47(34-44)64(8,9)10;/h14-38,41H,1-13H3;/q-3;. The maximum absolute atomic E-state index is 6.81. The fraction of sp³-hybridized carbons (Fsp3) is 0.262. The summed E-state index contributed by atoms with van der Waals surface area (Å²) in [5.41, 5.74) is 16.8. The van der Waals surface area contributed by atoms with Crippen LogP contribution in [0.2, 0.25) is 0 Å². The van der Waals surface area contributed by atoms with Crippen LogP contribution in [0.3, 0.4) is 0 Å². The van der Waals surface area contributed by atoms with Crippen molar-refractivity contribution in [2.45, 2.75) is 112 Å². The molecule has 3 heterocycles. The summed E-state index contributed by atoms with van der Waals surface area (Å²) >= 11 is 0. The minimum Gasteiger partial charge on any atom is -0.509 e. The molecular formula is C65H65N4OPt-3. The maximum Gasteiger partial charge on any atom is 0.135 e. The van der Waals surface area contributed by atoms with E-state index in [4.69, 9.17) is 9.72 Å². The van der Waals surface area contributed by atoms with Crippen LogP contribution in [0.25, 0.3) is 49.9 Å². The topological polar surface area (TPSA) is 33.5 Å². The molecule has 2 aromatic heterocycles. The van der Waals surface area contributed by atoms with Crippen LogP contribution in [0.5, 0.6) is 11.5 Å². The predicted molar refractivity (Wildman–Crippen MR) is 295 cm³/mol. The van der Waals surface area contributed by atoms with E-state index in [1.54, 1.807) is 0 Å². The van der Waals surface area contributed by atoms with E-state index in [0.29, 0.717) is 11.5 Å². The molecule has 0 N–H and O–H groups in total. The monoisotopic (exact) mass is 1110 g/mol. The smallest absolute Gasteiger partial charge is 0.135 e. The van der Waals surface area contributed by atoms with Gasteiger partial charge in [0.05, 0.1) is 0 Å². The van der Waals surface area contributed by atoms with E-state index in [0.717, 1.165) is 55.9 Å². The van der Waals surface area contributed by atoms with Gasteiger partial charge in [0.1, 0.15) is 5.82 Å². The summed E-state index contributed by atoms with van der Waals surface area (Å²) in [5, 5.41) is 2.23. The molecule has 1 aliphatic heterocycles. The van der Waals surface area contributed by atoms with E-state index in [1.807, 2.05) is 12.3 Å². The number of hydrogen-bond acceptors (Lipinski definition) is 4. The third-order valence-corrected chi connectivity index (χ3v) is 13.8. The zero-order valence-corrected chi connectivity index (χ0v) is 45.8. The molecule has 0 radical (unpaired) electrons. The Morgan fingerprint density at radius 3 is 1.72 bits per heavy atom. The molecule has 6 heteroatoms. The van der Waals surface area contributed by atoms with Gasteiger partial charge >= 0.3 is 0 Å². The minimum atomic E-state index is -0.107. The molecule has 0 saturated heterocycles. The molecule has 7 aromatic carbocycles. The third kappa shape index (κ3) is 9.59. The molecule has 0 fully saturated rings. The number of hydrogen-bond donors (Lipinski definition) is 0. The number of aryl methyl sites for hydroxylation is 1. The Labute approximate surface area is 436 Å². The molecular weight excluding hydrogens is 1050 g/mol. The summed E-state index contributed by atoms with van der Waals surface area (Å²) in [6.07, 6.45) is 1.91. The number of benzene rings is 7. The van der Waals surface area contributed by atoms with Crippen LogP contribution < -0.4 is 14.5 Å². The van der Waals surface area contributed by atoms with Gasteiger partial charge in [-0.3, -0.25) is 0 Å². The van der Waals surface area contributed by atoms with Crippen LogP contribution in [-0.4, -0.2) is 9.55 Å². The molecule has 71 heavy (non-hydrogen) atoms. The van der Waals surface area contributed by atoms with E-state index in [9.17, 15) is 0 Å². The Bertz CT molecular complexity index is 3420. The van der Waals surface area contributed by atoms with Crippen LogP contribution >= 0.6 is 0 Å². The molecule has 10 rings (SSSR count). The van der Waals surface area contributed by atoms with Gasteiger partial charge in [0.25, 0.3) is 0 Å². The molecule has 9 aromatic rings. The van der Waals surface area contributed by atoms with Crippen molar-refractivity contribution in [2.24, 2.45) is 0 Å². The summed E-state index contributed by atoms with van der Waals surface area (Å²) in [5.74, 6) is 2.07. The van der Waals surface area contributed by atoms with Crippen molar-refractivity contribution >= 4 is 44.6 Å². The van der Waals surface area contributed by atoms with Crippen molar-refractivity contribution in [3.05, 3.63) is 198 Å². The van der Waals surface area contributed by atoms with E-state index >= 15 is 0 Å². The summed E-state index contributed by atoms with van der Waals surface area (Å²) in [6, 6.07) is 60.3. The van der Waals surface area contributed by atoms with Gasteiger partial charge in [0, 0.05) is 72.5 Å². The average molecular weight is 1110 g/mol. The van der Waals surface area contributed by atoms with E-state index in [-0.39, 0.29) is 42.7 Å². The molecule has 1 aliphatic rings. The third-order valence-electron chi connectivity index (χ3n) is 13.8. The molecule has 5 nitrogen and oxygen atoms in total. The van der Waals surface area contributed by atoms with Crippen LogP contribution in [0.4, 0.5) is 22.7 Å². The van der Waals surface area contributed by atoms with E-state index in [2.05, 4.69) is 263 Å². The summed E-state index contributed by atoms with van der Waals surface area (Å²) in [7, 11) is 0. The zero-order chi connectivity index (χ0) is 49.5. The molecule has 0 atom stereocenters. The summed E-state index contributed by atoms with van der Waals surface area (Å²) in [6.45, 7) is 31.9. The van der Waals surface area contributed by atoms with Crippen molar-refractivity contribution in [1.82, 2.24) is 9.55 Å². The van der Waals surface area contributed by atoms with Crippen molar-refractivity contribution in [2.75, 3.05) is 9.80 Å². The van der Waals surface area contributed by atoms with Crippen LogP contribution in [0, 0.1) is 25.7 Å². The maximum atomic E-state index is 6.81. The quantitative estimate of drug-likeness (QED) is 0.149. The number of pyridine rings is 1. The van der Waals surface area contributed by atoms with Crippen molar-refractivity contribution in [3.8, 4) is 39.6 Å². The van der Waals surface area contributed by atoms with E-state index in [1.165, 1.54) is 44.5 Å². The molecule has 364 valence electrons. The first kappa shape index (κ1) is 49.6. The molecule has 0 saturated carbocycles. The van der Waals surface area contributed by atoms with Crippen molar-refractivity contribution in [3.63, 3.8) is 0 Å². The van der Waals surface area contributed by atoms with Gasteiger partial charge in [-0.15, -0.1) is 48.1 Å². The fourth-order valence-corrected chi connectivity index (χ4v) is 9.66. The molecule has 0 bridgehead atoms.